The number of methoxy groups -OCH3 is 1. The standard InChI is InChI=1S/C24H19NO2S/c1-17-23(24(26)27-2)28-16-25(17)22-20(18-10-5-3-6-11-18)14-9-15-21(22)19-12-7-4-8-13-19/h3-15H,1-2H3. The number of ether oxygens (including phenoxy) is 1. The number of para-hydroxylation sites is 1. The summed E-state index contributed by atoms with van der Waals surface area (Å²) in [7, 11) is 1.40. The van der Waals surface area contributed by atoms with E-state index in [9.17, 15) is 4.79 Å². The van der Waals surface area contributed by atoms with Crippen LogP contribution >= 0.6 is 11.8 Å². The van der Waals surface area contributed by atoms with Gasteiger partial charge in [-0.15, -0.1) is 0 Å². The third kappa shape index (κ3) is 3.32. The summed E-state index contributed by atoms with van der Waals surface area (Å²) in [5.41, 5.74) is 6.21. The van der Waals surface area contributed by atoms with Crippen LogP contribution in [0.3, 0.4) is 0 Å². The van der Waals surface area contributed by atoms with Crippen molar-refractivity contribution in [2.45, 2.75) is 6.92 Å². The third-order valence-electron chi connectivity index (χ3n) is 4.70. The lowest BCUT2D eigenvalue weighted by Gasteiger charge is -2.25. The zero-order valence-corrected chi connectivity index (χ0v) is 16.5. The Labute approximate surface area is 169 Å². The monoisotopic (exact) mass is 385 g/mol. The van der Waals surface area contributed by atoms with E-state index in [1.807, 2.05) is 48.2 Å². The predicted molar refractivity (Wildman–Crippen MR) is 115 cm³/mol. The third-order valence-corrected chi connectivity index (χ3v) is 5.64. The Balaban J connectivity index is 1.94. The van der Waals surface area contributed by atoms with E-state index in [1.54, 1.807) is 0 Å². The van der Waals surface area contributed by atoms with E-state index in [0.717, 1.165) is 33.6 Å². The van der Waals surface area contributed by atoms with Crippen LogP contribution in [0, 0.1) is 5.88 Å². The quantitative estimate of drug-likeness (QED) is 0.517. The zero-order chi connectivity index (χ0) is 19.5. The summed E-state index contributed by atoms with van der Waals surface area (Å²) >= 11 is 1.27. The summed E-state index contributed by atoms with van der Waals surface area (Å²) in [6.07, 6.45) is 0. The van der Waals surface area contributed by atoms with Crippen molar-refractivity contribution in [1.82, 2.24) is 0 Å². The average molecular weight is 385 g/mol. The first-order valence-electron chi connectivity index (χ1n) is 8.96. The van der Waals surface area contributed by atoms with Gasteiger partial charge in [-0.1, -0.05) is 90.6 Å². The van der Waals surface area contributed by atoms with Crippen molar-refractivity contribution < 1.29 is 9.53 Å². The minimum Gasteiger partial charge on any atom is -0.465 e. The fourth-order valence-corrected chi connectivity index (χ4v) is 4.13. The van der Waals surface area contributed by atoms with Gasteiger partial charge >= 0.3 is 5.97 Å². The van der Waals surface area contributed by atoms with Crippen LogP contribution in [0.5, 0.6) is 0 Å². The van der Waals surface area contributed by atoms with Gasteiger partial charge in [0.05, 0.1) is 12.8 Å². The number of carbonyl (C=O) groups is 1. The first-order chi connectivity index (χ1) is 13.7. The van der Waals surface area contributed by atoms with Crippen molar-refractivity contribution in [2.75, 3.05) is 12.0 Å². The van der Waals surface area contributed by atoms with Crippen molar-refractivity contribution in [3.05, 3.63) is 95.3 Å². The number of hydrogen-bond donors (Lipinski definition) is 0. The van der Waals surface area contributed by atoms with Gasteiger partial charge in [0.1, 0.15) is 4.91 Å². The maximum Gasteiger partial charge on any atom is 0.346 e. The molecule has 0 fully saturated rings. The molecular weight excluding hydrogens is 366 g/mol. The summed E-state index contributed by atoms with van der Waals surface area (Å²) in [5, 5.41) is 0. The lowest BCUT2D eigenvalue weighted by atomic mass is 9.95. The van der Waals surface area contributed by atoms with Crippen LogP contribution in [-0.4, -0.2) is 13.1 Å². The van der Waals surface area contributed by atoms with Crippen LogP contribution in [0.15, 0.2) is 89.5 Å². The lowest BCUT2D eigenvalue weighted by Crippen LogP contribution is -2.15. The Hall–Kier alpha value is -2.98. The largest absolute Gasteiger partial charge is 0.465 e. The first kappa shape index (κ1) is 18.4. The summed E-state index contributed by atoms with van der Waals surface area (Å²) in [5.74, 6) is 2.95. The number of hydrogen-bond acceptors (Lipinski definition) is 4. The predicted octanol–water partition coefficient (Wildman–Crippen LogP) is 5.97. The van der Waals surface area contributed by atoms with Crippen LogP contribution < -0.4 is 4.90 Å². The molecular formula is C24H19NO2S. The van der Waals surface area contributed by atoms with Crippen molar-refractivity contribution in [3.8, 4) is 22.3 Å². The van der Waals surface area contributed by atoms with E-state index in [-0.39, 0.29) is 5.97 Å². The SMILES string of the molecule is COC(=O)C1=C(C)N(c2c(-c3ccccc3)cccc2-c2ccccc2)[C]S1. The molecule has 4 heteroatoms. The van der Waals surface area contributed by atoms with Gasteiger partial charge in [-0.25, -0.2) is 4.79 Å². The maximum atomic E-state index is 12.1. The van der Waals surface area contributed by atoms with Crippen LogP contribution in [-0.2, 0) is 9.53 Å². The van der Waals surface area contributed by atoms with Gasteiger partial charge in [-0.05, 0) is 18.1 Å². The van der Waals surface area contributed by atoms with E-state index in [4.69, 9.17) is 4.74 Å². The number of allylic oxidation sites excluding steroid dienone is 1. The highest BCUT2D eigenvalue weighted by Crippen LogP contribution is 2.47. The summed E-state index contributed by atoms with van der Waals surface area (Å²) in [6.45, 7) is 1.93. The molecule has 0 spiro atoms. The van der Waals surface area contributed by atoms with Gasteiger partial charge in [-0.3, -0.25) is 0 Å². The molecule has 28 heavy (non-hydrogen) atoms. The summed E-state index contributed by atoms with van der Waals surface area (Å²) in [4.78, 5) is 14.7. The van der Waals surface area contributed by atoms with Crippen molar-refractivity contribution in [3.63, 3.8) is 0 Å². The summed E-state index contributed by atoms with van der Waals surface area (Å²) in [6, 6.07) is 26.8. The van der Waals surface area contributed by atoms with Crippen molar-refractivity contribution in [1.29, 1.82) is 0 Å². The number of rotatable bonds is 4. The van der Waals surface area contributed by atoms with E-state index in [1.165, 1.54) is 18.9 Å². The Morgan fingerprint density at radius 2 is 1.39 bits per heavy atom. The molecule has 0 aliphatic carbocycles. The number of nitrogens with zero attached hydrogens (tertiary/aromatic N) is 1. The highest BCUT2D eigenvalue weighted by molar-refractivity contribution is 8.06. The molecule has 0 saturated heterocycles. The maximum absolute atomic E-state index is 12.1. The normalized spacial score (nSPS) is 13.7. The molecule has 4 rings (SSSR count). The van der Waals surface area contributed by atoms with E-state index in [2.05, 4.69) is 48.3 Å². The Bertz CT molecular complexity index is 971. The van der Waals surface area contributed by atoms with Gasteiger partial charge in [0.15, 0.2) is 5.88 Å². The van der Waals surface area contributed by atoms with Crippen molar-refractivity contribution in [2.24, 2.45) is 0 Å². The zero-order valence-electron chi connectivity index (χ0n) is 15.7. The molecule has 1 aliphatic heterocycles. The van der Waals surface area contributed by atoms with E-state index in [0.29, 0.717) is 4.91 Å². The highest BCUT2D eigenvalue weighted by atomic mass is 32.2. The molecule has 0 unspecified atom stereocenters. The van der Waals surface area contributed by atoms with Gasteiger partial charge in [0.25, 0.3) is 0 Å². The molecule has 0 amide bonds. The Morgan fingerprint density at radius 1 is 0.857 bits per heavy atom. The fourth-order valence-electron chi connectivity index (χ4n) is 3.32. The van der Waals surface area contributed by atoms with E-state index >= 15 is 0 Å². The van der Waals surface area contributed by atoms with Crippen molar-refractivity contribution >= 4 is 23.4 Å². The second kappa shape index (κ2) is 7.95. The average Bonchev–Trinajstić information content (AvgIpc) is 3.15. The van der Waals surface area contributed by atoms with Gasteiger partial charge in [0, 0.05) is 16.8 Å². The first-order valence-corrected chi connectivity index (χ1v) is 9.78. The molecule has 0 aromatic heterocycles. The molecule has 1 heterocycles. The Kier molecular flexibility index (Phi) is 5.22. The molecule has 3 aromatic carbocycles. The molecule has 0 saturated carbocycles. The number of benzene rings is 3. The number of carbonyl (C=O) groups excluding carboxylic acids is 1. The lowest BCUT2D eigenvalue weighted by molar-refractivity contribution is -0.135. The number of anilines is 1. The van der Waals surface area contributed by atoms with Gasteiger partial charge in [0.2, 0.25) is 0 Å². The highest BCUT2D eigenvalue weighted by Gasteiger charge is 2.31. The molecule has 3 aromatic rings. The minimum absolute atomic E-state index is 0.337. The molecule has 138 valence electrons. The van der Waals surface area contributed by atoms with Gasteiger partial charge < -0.3 is 9.64 Å². The molecule has 0 bridgehead atoms. The smallest absolute Gasteiger partial charge is 0.346 e. The number of esters is 1. The summed E-state index contributed by atoms with van der Waals surface area (Å²) < 4.78 is 4.93. The van der Waals surface area contributed by atoms with Gasteiger partial charge in [-0.2, -0.15) is 0 Å². The second-order valence-electron chi connectivity index (χ2n) is 6.37. The second-order valence-corrected chi connectivity index (χ2v) is 7.16. The van der Waals surface area contributed by atoms with Crippen LogP contribution in [0.1, 0.15) is 6.92 Å². The van der Waals surface area contributed by atoms with Crippen LogP contribution in [0.2, 0.25) is 0 Å². The minimum atomic E-state index is -0.337. The topological polar surface area (TPSA) is 29.5 Å². The van der Waals surface area contributed by atoms with Crippen LogP contribution in [0.25, 0.3) is 22.3 Å². The molecule has 1 aliphatic rings. The molecule has 0 atom stereocenters. The fraction of sp³-hybridized carbons (Fsp3) is 0.0833. The van der Waals surface area contributed by atoms with E-state index < -0.39 is 0 Å². The molecule has 0 N–H and O–H groups in total. The Morgan fingerprint density at radius 3 is 1.89 bits per heavy atom. The molecule has 3 nitrogen and oxygen atoms in total. The number of thioether (sulfide) groups is 1. The molecule has 2 radical (unpaired) electrons. The van der Waals surface area contributed by atoms with Crippen LogP contribution in [0.4, 0.5) is 5.69 Å².